The van der Waals surface area contributed by atoms with Crippen LogP contribution in [0.1, 0.15) is 12.5 Å². The Hall–Kier alpha value is -2.61. The predicted octanol–water partition coefficient (Wildman–Crippen LogP) is 4.04. The van der Waals surface area contributed by atoms with Crippen LogP contribution in [0.2, 0.25) is 5.02 Å². The van der Waals surface area contributed by atoms with E-state index in [9.17, 15) is 18.0 Å². The van der Waals surface area contributed by atoms with Crippen LogP contribution in [-0.2, 0) is 17.3 Å². The molecule has 9 heteroatoms. The van der Waals surface area contributed by atoms with Gasteiger partial charge in [-0.3, -0.25) is 14.5 Å². The van der Waals surface area contributed by atoms with E-state index in [1.807, 2.05) is 0 Å². The molecule has 0 bridgehead atoms. The Morgan fingerprint density at radius 3 is 2.68 bits per heavy atom. The first kappa shape index (κ1) is 18.7. The number of hydrogen-bond acceptors (Lipinski definition) is 3. The molecule has 0 radical (unpaired) electrons. The van der Waals surface area contributed by atoms with Gasteiger partial charge in [-0.05, 0) is 23.8 Å². The molecule has 1 saturated heterocycles. The number of fused-ring (bicyclic) bond motifs is 1. The fourth-order valence-corrected chi connectivity index (χ4v) is 3.42. The lowest BCUT2D eigenvalue weighted by Gasteiger charge is -2.34. The molecule has 1 aliphatic rings. The molecule has 1 fully saturated rings. The Labute approximate surface area is 163 Å². The van der Waals surface area contributed by atoms with Crippen LogP contribution >= 0.6 is 11.6 Å². The summed E-state index contributed by atoms with van der Waals surface area (Å²) >= 11 is 5.91. The van der Waals surface area contributed by atoms with Gasteiger partial charge in [0.2, 0.25) is 5.91 Å². The van der Waals surface area contributed by atoms with Gasteiger partial charge in [0.1, 0.15) is 18.2 Å². The minimum absolute atomic E-state index is 0.0124. The number of benzene rings is 1. The molecule has 0 atom stereocenters. The van der Waals surface area contributed by atoms with Crippen LogP contribution in [0.4, 0.5) is 13.2 Å². The van der Waals surface area contributed by atoms with E-state index in [1.165, 1.54) is 27.9 Å². The van der Waals surface area contributed by atoms with E-state index in [0.717, 1.165) is 6.92 Å². The summed E-state index contributed by atoms with van der Waals surface area (Å²) in [6.07, 6.45) is 2.11. The first-order valence-electron chi connectivity index (χ1n) is 8.64. The van der Waals surface area contributed by atoms with Crippen molar-refractivity contribution in [3.8, 4) is 11.1 Å². The van der Waals surface area contributed by atoms with Crippen molar-refractivity contribution >= 4 is 28.5 Å². The van der Waals surface area contributed by atoms with Gasteiger partial charge in [0.05, 0.1) is 24.8 Å². The van der Waals surface area contributed by atoms with Crippen molar-refractivity contribution in [2.75, 3.05) is 13.1 Å². The molecular weight excluding hydrogens is 393 g/mol. The van der Waals surface area contributed by atoms with Gasteiger partial charge >= 0.3 is 0 Å². The summed E-state index contributed by atoms with van der Waals surface area (Å²) in [4.78, 5) is 17.9. The molecule has 1 aliphatic heterocycles. The second kappa shape index (κ2) is 6.77. The van der Waals surface area contributed by atoms with E-state index < -0.39 is 12.1 Å². The van der Waals surface area contributed by atoms with Crippen molar-refractivity contribution in [2.45, 2.75) is 25.6 Å². The molecular formula is C19H16ClF3N4O. The van der Waals surface area contributed by atoms with Gasteiger partial charge in [0.25, 0.3) is 5.92 Å². The zero-order chi connectivity index (χ0) is 20.1. The van der Waals surface area contributed by atoms with E-state index in [2.05, 4.69) is 10.1 Å². The summed E-state index contributed by atoms with van der Waals surface area (Å²) in [6, 6.07) is 6.12. The van der Waals surface area contributed by atoms with E-state index >= 15 is 0 Å². The number of amides is 1. The highest BCUT2D eigenvalue weighted by atomic mass is 35.5. The van der Waals surface area contributed by atoms with Crippen LogP contribution < -0.4 is 0 Å². The van der Waals surface area contributed by atoms with Gasteiger partial charge in [-0.15, -0.1) is 0 Å². The lowest BCUT2D eigenvalue weighted by Crippen LogP contribution is -2.52. The largest absolute Gasteiger partial charge is 0.335 e. The van der Waals surface area contributed by atoms with Crippen molar-refractivity contribution in [2.24, 2.45) is 0 Å². The number of aromatic nitrogens is 3. The van der Waals surface area contributed by atoms with Crippen molar-refractivity contribution in [3.05, 3.63) is 47.2 Å². The maximum atomic E-state index is 13.8. The number of alkyl halides is 3. The maximum absolute atomic E-state index is 13.8. The van der Waals surface area contributed by atoms with Gasteiger partial charge < -0.3 is 4.90 Å². The highest BCUT2D eigenvalue weighted by Crippen LogP contribution is 2.36. The summed E-state index contributed by atoms with van der Waals surface area (Å²) < 4.78 is 42.0. The molecule has 0 aliphatic carbocycles. The number of likely N-dealkylation sites (tertiary alicyclic amines) is 1. The number of pyridine rings is 1. The molecule has 0 saturated carbocycles. The standard InChI is InChI=1S/C19H16ClF3N4O/c1-19(22,23)14-4-11(2-3-15(14)20)12-5-17-16(24-6-12)7-25-27(17)10-18(28)26-8-13(21)9-26/h2-7,13H,8-10H2,1H3. The summed E-state index contributed by atoms with van der Waals surface area (Å²) in [5.74, 6) is -3.31. The van der Waals surface area contributed by atoms with Crippen molar-refractivity contribution in [3.63, 3.8) is 0 Å². The normalized spacial score (nSPS) is 15.1. The number of rotatable bonds is 4. The Balaban J connectivity index is 1.67. The highest BCUT2D eigenvalue weighted by molar-refractivity contribution is 6.31. The lowest BCUT2D eigenvalue weighted by molar-refractivity contribution is -0.139. The number of carbonyl (C=O) groups excluding carboxylic acids is 1. The lowest BCUT2D eigenvalue weighted by atomic mass is 10.0. The molecule has 0 unspecified atom stereocenters. The zero-order valence-electron chi connectivity index (χ0n) is 14.9. The minimum atomic E-state index is -3.08. The molecule has 1 aromatic carbocycles. The number of hydrogen-bond donors (Lipinski definition) is 0. The van der Waals surface area contributed by atoms with Crippen LogP contribution in [-0.4, -0.2) is 44.8 Å². The molecule has 3 aromatic rings. The Kier molecular flexibility index (Phi) is 4.53. The smallest absolute Gasteiger partial charge is 0.271 e. The van der Waals surface area contributed by atoms with E-state index in [4.69, 9.17) is 11.6 Å². The van der Waals surface area contributed by atoms with Gasteiger partial charge in [0.15, 0.2) is 0 Å². The van der Waals surface area contributed by atoms with Gasteiger partial charge in [-0.1, -0.05) is 17.7 Å². The topological polar surface area (TPSA) is 51.0 Å². The van der Waals surface area contributed by atoms with Gasteiger partial charge in [0, 0.05) is 29.3 Å². The van der Waals surface area contributed by atoms with Crippen molar-refractivity contribution in [1.82, 2.24) is 19.7 Å². The Morgan fingerprint density at radius 1 is 1.25 bits per heavy atom. The average Bonchev–Trinajstić information content (AvgIpc) is 3.00. The molecule has 0 spiro atoms. The van der Waals surface area contributed by atoms with Crippen LogP contribution in [0.3, 0.4) is 0 Å². The Bertz CT molecular complexity index is 1060. The third-order valence-electron chi connectivity index (χ3n) is 4.74. The number of nitrogens with zero attached hydrogens (tertiary/aromatic N) is 4. The van der Waals surface area contributed by atoms with Gasteiger partial charge in [-0.25, -0.2) is 13.2 Å². The van der Waals surface area contributed by atoms with E-state index in [-0.39, 0.29) is 36.1 Å². The van der Waals surface area contributed by atoms with Crippen LogP contribution in [0.25, 0.3) is 22.2 Å². The SMILES string of the molecule is CC(F)(F)c1cc(-c2cnc3cnn(CC(=O)N4CC(F)C4)c3c2)ccc1Cl. The average molecular weight is 409 g/mol. The number of carbonyl (C=O) groups is 1. The first-order valence-corrected chi connectivity index (χ1v) is 9.02. The fraction of sp³-hybridized carbons (Fsp3) is 0.316. The summed E-state index contributed by atoms with van der Waals surface area (Å²) in [7, 11) is 0. The molecule has 3 heterocycles. The van der Waals surface area contributed by atoms with Crippen LogP contribution in [0, 0.1) is 0 Å². The Morgan fingerprint density at radius 2 is 2.00 bits per heavy atom. The second-order valence-electron chi connectivity index (χ2n) is 6.91. The molecule has 2 aromatic heterocycles. The van der Waals surface area contributed by atoms with Crippen molar-refractivity contribution in [1.29, 1.82) is 0 Å². The molecule has 1 amide bonds. The summed E-state index contributed by atoms with van der Waals surface area (Å²) in [6.45, 7) is 0.943. The molecule has 28 heavy (non-hydrogen) atoms. The monoisotopic (exact) mass is 408 g/mol. The highest BCUT2D eigenvalue weighted by Gasteiger charge is 2.30. The van der Waals surface area contributed by atoms with Crippen LogP contribution in [0.15, 0.2) is 36.7 Å². The molecule has 5 nitrogen and oxygen atoms in total. The number of halogens is 4. The van der Waals surface area contributed by atoms with Crippen LogP contribution in [0.5, 0.6) is 0 Å². The quantitative estimate of drug-likeness (QED) is 0.654. The first-order chi connectivity index (χ1) is 13.2. The summed E-state index contributed by atoms with van der Waals surface area (Å²) in [5.41, 5.74) is 2.00. The second-order valence-corrected chi connectivity index (χ2v) is 7.32. The molecule has 146 valence electrons. The summed E-state index contributed by atoms with van der Waals surface area (Å²) in [5, 5.41) is 4.16. The predicted molar refractivity (Wildman–Crippen MR) is 99.0 cm³/mol. The van der Waals surface area contributed by atoms with Crippen molar-refractivity contribution < 1.29 is 18.0 Å². The maximum Gasteiger partial charge on any atom is 0.271 e. The van der Waals surface area contributed by atoms with E-state index in [0.29, 0.717) is 22.2 Å². The fourth-order valence-electron chi connectivity index (χ4n) is 3.14. The zero-order valence-corrected chi connectivity index (χ0v) is 15.6. The van der Waals surface area contributed by atoms with Gasteiger partial charge in [-0.2, -0.15) is 5.10 Å². The molecule has 0 N–H and O–H groups in total. The minimum Gasteiger partial charge on any atom is -0.335 e. The molecule has 4 rings (SSSR count). The third-order valence-corrected chi connectivity index (χ3v) is 5.07. The van der Waals surface area contributed by atoms with E-state index in [1.54, 1.807) is 18.3 Å². The third kappa shape index (κ3) is 3.44.